The van der Waals surface area contributed by atoms with Crippen LogP contribution in [0.5, 0.6) is 0 Å². The van der Waals surface area contributed by atoms with Gasteiger partial charge >= 0.3 is 0 Å². The van der Waals surface area contributed by atoms with Gasteiger partial charge in [0.1, 0.15) is 17.7 Å². The van der Waals surface area contributed by atoms with Gasteiger partial charge in [-0.15, -0.1) is 10.2 Å². The average molecular weight is 528 g/mol. The Morgan fingerprint density at radius 2 is 1.92 bits per heavy atom. The fraction of sp³-hybridized carbons (Fsp3) is 0.444. The standard InChI is InChI=1S/C27H29N9O3/c1-14(37)21-22(16-9-17-4-5-18(10-16)35(17)26(38)24-30-13-31-34-24)33-25-19(12-32-36(25)23(21)28)15-3-6-20(29-11-15)27(39)7-2-8-27/h3,6,11-13,16-18,39H,2,4-5,7-10,28H2,1H3,(H,30,31,34)/t16-,17+,18-. The number of aromatic amines is 1. The lowest BCUT2D eigenvalue weighted by molar-refractivity contribution is -0.0426. The second-order valence-corrected chi connectivity index (χ2v) is 11.0. The Labute approximate surface area is 223 Å². The number of nitrogen functional groups attached to an aromatic ring is 1. The number of pyridine rings is 1. The molecule has 2 saturated heterocycles. The Kier molecular flexibility index (Phi) is 5.31. The maximum atomic E-state index is 13.1. The van der Waals surface area contributed by atoms with Crippen LogP contribution in [-0.2, 0) is 5.60 Å². The van der Waals surface area contributed by atoms with Gasteiger partial charge in [-0.1, -0.05) is 6.07 Å². The van der Waals surface area contributed by atoms with E-state index in [-0.39, 0.29) is 41.3 Å². The Hall–Kier alpha value is -4.19. The number of hydrogen-bond donors (Lipinski definition) is 3. The number of carbonyl (C=O) groups is 2. The van der Waals surface area contributed by atoms with Crippen molar-refractivity contribution < 1.29 is 14.7 Å². The molecule has 3 atom stereocenters. The SMILES string of the molecule is CC(=O)c1c([C@H]2C[C@H]3CC[C@@H](C2)N3C(=O)c2nnc[nH]2)nc2c(-c3ccc(C4(O)CCC4)nc3)cnn2c1N. The molecule has 2 aliphatic heterocycles. The number of aliphatic hydroxyl groups is 1. The van der Waals surface area contributed by atoms with Crippen molar-refractivity contribution in [3.05, 3.63) is 53.6 Å². The van der Waals surface area contributed by atoms with Gasteiger partial charge < -0.3 is 20.7 Å². The van der Waals surface area contributed by atoms with Gasteiger partial charge in [0.2, 0.25) is 5.82 Å². The fourth-order valence-corrected chi connectivity index (χ4v) is 6.65. The molecule has 6 heterocycles. The largest absolute Gasteiger partial charge is 0.384 e. The molecule has 12 nitrogen and oxygen atoms in total. The van der Waals surface area contributed by atoms with E-state index < -0.39 is 5.60 Å². The lowest BCUT2D eigenvalue weighted by Gasteiger charge is -2.38. The second-order valence-electron chi connectivity index (χ2n) is 11.0. The van der Waals surface area contributed by atoms with Gasteiger partial charge in [0.05, 0.1) is 23.1 Å². The van der Waals surface area contributed by atoms with Crippen LogP contribution in [-0.4, -0.2) is 68.5 Å². The number of ketones is 1. The van der Waals surface area contributed by atoms with E-state index in [2.05, 4.69) is 25.3 Å². The van der Waals surface area contributed by atoms with Crippen LogP contribution in [0.15, 0.2) is 30.9 Å². The van der Waals surface area contributed by atoms with Crippen molar-refractivity contribution in [1.29, 1.82) is 0 Å². The molecule has 3 fully saturated rings. The summed E-state index contributed by atoms with van der Waals surface area (Å²) in [6.07, 6.45) is 10.4. The number of nitrogens with zero attached hydrogens (tertiary/aromatic N) is 7. The van der Waals surface area contributed by atoms with Gasteiger partial charge in [-0.2, -0.15) is 9.61 Å². The number of hydrogen-bond acceptors (Lipinski definition) is 9. The van der Waals surface area contributed by atoms with E-state index in [4.69, 9.17) is 10.7 Å². The highest BCUT2D eigenvalue weighted by Gasteiger charge is 2.46. The minimum atomic E-state index is -0.838. The third kappa shape index (κ3) is 3.65. The number of rotatable bonds is 5. The molecule has 3 aliphatic rings. The molecule has 7 rings (SSSR count). The molecule has 1 amide bonds. The summed E-state index contributed by atoms with van der Waals surface area (Å²) in [7, 11) is 0. The van der Waals surface area contributed by atoms with E-state index in [1.54, 1.807) is 12.4 Å². The summed E-state index contributed by atoms with van der Waals surface area (Å²) in [6, 6.07) is 3.80. The molecule has 0 aromatic carbocycles. The van der Waals surface area contributed by atoms with Crippen LogP contribution in [0.4, 0.5) is 5.82 Å². The highest BCUT2D eigenvalue weighted by Crippen LogP contribution is 2.45. The van der Waals surface area contributed by atoms with Gasteiger partial charge in [0.25, 0.3) is 5.91 Å². The topological polar surface area (TPSA) is 168 Å². The molecule has 4 aromatic heterocycles. The number of amides is 1. The van der Waals surface area contributed by atoms with E-state index in [0.29, 0.717) is 35.4 Å². The number of nitrogens with two attached hydrogens (primary N) is 1. The zero-order valence-corrected chi connectivity index (χ0v) is 21.5. The van der Waals surface area contributed by atoms with E-state index in [9.17, 15) is 14.7 Å². The van der Waals surface area contributed by atoms with Crippen LogP contribution in [0.3, 0.4) is 0 Å². The van der Waals surface area contributed by atoms with Crippen molar-refractivity contribution >= 4 is 23.2 Å². The quantitative estimate of drug-likeness (QED) is 0.330. The number of aromatic nitrogens is 7. The van der Waals surface area contributed by atoms with Crippen molar-refractivity contribution in [2.24, 2.45) is 0 Å². The van der Waals surface area contributed by atoms with Crippen molar-refractivity contribution in [3.63, 3.8) is 0 Å². The number of piperidine rings is 1. The number of fused-ring (bicyclic) bond motifs is 3. The van der Waals surface area contributed by atoms with E-state index in [1.807, 2.05) is 17.0 Å². The molecule has 4 N–H and O–H groups in total. The first kappa shape index (κ1) is 23.9. The van der Waals surface area contributed by atoms with Crippen LogP contribution in [0, 0.1) is 0 Å². The zero-order chi connectivity index (χ0) is 26.9. The molecule has 0 radical (unpaired) electrons. The Morgan fingerprint density at radius 1 is 1.15 bits per heavy atom. The van der Waals surface area contributed by atoms with Crippen LogP contribution < -0.4 is 5.73 Å². The van der Waals surface area contributed by atoms with Crippen LogP contribution >= 0.6 is 0 Å². The summed E-state index contributed by atoms with van der Waals surface area (Å²) < 4.78 is 1.51. The van der Waals surface area contributed by atoms with Gasteiger partial charge in [-0.25, -0.2) is 4.98 Å². The molecule has 0 unspecified atom stereocenters. The lowest BCUT2D eigenvalue weighted by Crippen LogP contribution is -2.46. The van der Waals surface area contributed by atoms with Gasteiger partial charge in [0.15, 0.2) is 11.4 Å². The minimum absolute atomic E-state index is 0.0174. The summed E-state index contributed by atoms with van der Waals surface area (Å²) in [5, 5.41) is 22.8. The minimum Gasteiger partial charge on any atom is -0.384 e. The number of carbonyl (C=O) groups excluding carboxylic acids is 2. The summed E-state index contributed by atoms with van der Waals surface area (Å²) >= 11 is 0. The summed E-state index contributed by atoms with van der Waals surface area (Å²) in [6.45, 7) is 1.50. The number of Topliss-reactive ketones (excluding diaryl/α,β-unsaturated/α-hetero) is 1. The molecular formula is C27H29N9O3. The molecule has 4 aromatic rings. The summed E-state index contributed by atoms with van der Waals surface area (Å²) in [5.41, 5.74) is 9.54. The van der Waals surface area contributed by atoms with Gasteiger partial charge in [-0.3, -0.25) is 14.6 Å². The first-order chi connectivity index (χ1) is 18.8. The Morgan fingerprint density at radius 3 is 2.51 bits per heavy atom. The molecule has 12 heteroatoms. The summed E-state index contributed by atoms with van der Waals surface area (Å²) in [4.78, 5) is 40.3. The van der Waals surface area contributed by atoms with E-state index in [1.165, 1.54) is 17.8 Å². The van der Waals surface area contributed by atoms with E-state index >= 15 is 0 Å². The molecule has 200 valence electrons. The predicted molar refractivity (Wildman–Crippen MR) is 140 cm³/mol. The monoisotopic (exact) mass is 527 g/mol. The third-order valence-electron chi connectivity index (χ3n) is 8.77. The Bertz CT molecular complexity index is 1580. The molecule has 2 bridgehead atoms. The average Bonchev–Trinajstić information content (AvgIpc) is 3.65. The van der Waals surface area contributed by atoms with Crippen LogP contribution in [0.25, 0.3) is 16.8 Å². The molecule has 1 saturated carbocycles. The van der Waals surface area contributed by atoms with Crippen molar-refractivity contribution in [1.82, 2.24) is 39.7 Å². The zero-order valence-electron chi connectivity index (χ0n) is 21.5. The highest BCUT2D eigenvalue weighted by molar-refractivity contribution is 6.00. The normalized spacial score (nSPS) is 23.6. The van der Waals surface area contributed by atoms with Crippen molar-refractivity contribution in [2.45, 2.75) is 75.5 Å². The number of nitrogens with one attached hydrogen (secondary N) is 1. The van der Waals surface area contributed by atoms with Crippen molar-refractivity contribution in [3.8, 4) is 11.1 Å². The van der Waals surface area contributed by atoms with Gasteiger partial charge in [0, 0.05) is 35.3 Å². The maximum absolute atomic E-state index is 13.1. The number of H-pyrrole nitrogens is 1. The van der Waals surface area contributed by atoms with Crippen molar-refractivity contribution in [2.75, 3.05) is 5.73 Å². The Balaban J connectivity index is 1.26. The first-order valence-electron chi connectivity index (χ1n) is 13.4. The molecule has 0 spiro atoms. The molecular weight excluding hydrogens is 498 g/mol. The van der Waals surface area contributed by atoms with E-state index in [0.717, 1.165) is 43.2 Å². The smallest absolute Gasteiger partial charge is 0.292 e. The second kappa shape index (κ2) is 8.67. The first-order valence-corrected chi connectivity index (χ1v) is 13.4. The fourth-order valence-electron chi connectivity index (χ4n) is 6.65. The third-order valence-corrected chi connectivity index (χ3v) is 8.77. The van der Waals surface area contributed by atoms with Gasteiger partial charge in [-0.05, 0) is 57.9 Å². The molecule has 1 aliphatic carbocycles. The predicted octanol–water partition coefficient (Wildman–Crippen LogP) is 2.62. The van der Waals surface area contributed by atoms with Crippen LogP contribution in [0.1, 0.15) is 90.2 Å². The lowest BCUT2D eigenvalue weighted by atomic mass is 9.77. The maximum Gasteiger partial charge on any atom is 0.292 e. The highest BCUT2D eigenvalue weighted by atomic mass is 16.3. The molecule has 39 heavy (non-hydrogen) atoms. The number of anilines is 1. The summed E-state index contributed by atoms with van der Waals surface area (Å²) in [5.74, 6) is 0.153. The van der Waals surface area contributed by atoms with Crippen LogP contribution in [0.2, 0.25) is 0 Å².